The van der Waals surface area contributed by atoms with Crippen molar-refractivity contribution in [3.63, 3.8) is 0 Å². The van der Waals surface area contributed by atoms with Crippen molar-refractivity contribution in [3.05, 3.63) is 29.3 Å². The lowest BCUT2D eigenvalue weighted by Crippen LogP contribution is -2.33. The molecule has 3 N–H and O–H groups in total. The molecule has 0 bridgehead atoms. The first-order valence-corrected chi connectivity index (χ1v) is 7.28. The Bertz CT molecular complexity index is 411. The molecule has 2 atom stereocenters. The number of aliphatic hydroxyl groups is 2. The van der Waals surface area contributed by atoms with Gasteiger partial charge in [0.25, 0.3) is 0 Å². The van der Waals surface area contributed by atoms with Gasteiger partial charge in [-0.3, -0.25) is 0 Å². The van der Waals surface area contributed by atoms with E-state index in [-0.39, 0.29) is 6.61 Å². The second-order valence-corrected chi connectivity index (χ2v) is 5.34. The van der Waals surface area contributed by atoms with E-state index in [9.17, 15) is 10.2 Å². The van der Waals surface area contributed by atoms with Gasteiger partial charge in [0, 0.05) is 13.7 Å². The van der Waals surface area contributed by atoms with E-state index >= 15 is 0 Å². The minimum Gasteiger partial charge on any atom is -0.491 e. The summed E-state index contributed by atoms with van der Waals surface area (Å²) in [4.78, 5) is 0. The highest BCUT2D eigenvalue weighted by Gasteiger charge is 2.08. The third kappa shape index (κ3) is 7.43. The summed E-state index contributed by atoms with van der Waals surface area (Å²) in [6.07, 6.45) is -0.449. The third-order valence-corrected chi connectivity index (χ3v) is 3.16. The molecule has 21 heavy (non-hydrogen) atoms. The average molecular weight is 297 g/mol. The SMILES string of the molecule is COCC(O)CCNCC(O)COc1ccc(C)cc1C. The summed E-state index contributed by atoms with van der Waals surface area (Å²) in [6, 6.07) is 5.97. The highest BCUT2D eigenvalue weighted by Crippen LogP contribution is 2.18. The van der Waals surface area contributed by atoms with Crippen molar-refractivity contribution in [2.45, 2.75) is 32.5 Å². The highest BCUT2D eigenvalue weighted by molar-refractivity contribution is 5.35. The molecule has 0 amide bonds. The number of methoxy groups -OCH3 is 1. The second kappa shape index (κ2) is 9.73. The van der Waals surface area contributed by atoms with Crippen molar-refractivity contribution in [3.8, 4) is 5.75 Å². The molecule has 0 radical (unpaired) electrons. The summed E-state index contributed by atoms with van der Waals surface area (Å²) >= 11 is 0. The fourth-order valence-corrected chi connectivity index (χ4v) is 2.02. The number of hydrogen-bond acceptors (Lipinski definition) is 5. The zero-order valence-electron chi connectivity index (χ0n) is 13.1. The minimum absolute atomic E-state index is 0.248. The Morgan fingerprint density at radius 1 is 1.14 bits per heavy atom. The zero-order chi connectivity index (χ0) is 15.7. The predicted molar refractivity (Wildman–Crippen MR) is 82.8 cm³/mol. The summed E-state index contributed by atoms with van der Waals surface area (Å²) in [6.45, 7) is 5.67. The van der Waals surface area contributed by atoms with Gasteiger partial charge in [-0.05, 0) is 38.4 Å². The van der Waals surface area contributed by atoms with Crippen LogP contribution in [0.1, 0.15) is 17.5 Å². The molecule has 0 fully saturated rings. The van der Waals surface area contributed by atoms with E-state index in [0.717, 1.165) is 11.3 Å². The lowest BCUT2D eigenvalue weighted by Gasteiger charge is -2.15. The maximum absolute atomic E-state index is 9.85. The molecule has 0 heterocycles. The predicted octanol–water partition coefficient (Wildman–Crippen LogP) is 1.03. The number of benzene rings is 1. The summed E-state index contributed by atoms with van der Waals surface area (Å²) in [5.74, 6) is 0.801. The summed E-state index contributed by atoms with van der Waals surface area (Å²) in [5, 5.41) is 22.4. The Morgan fingerprint density at radius 2 is 1.90 bits per heavy atom. The number of nitrogens with one attached hydrogen (secondary N) is 1. The van der Waals surface area contributed by atoms with Gasteiger partial charge >= 0.3 is 0 Å². The van der Waals surface area contributed by atoms with Gasteiger partial charge in [0.2, 0.25) is 0 Å². The van der Waals surface area contributed by atoms with E-state index in [0.29, 0.717) is 26.1 Å². The largest absolute Gasteiger partial charge is 0.491 e. The molecular formula is C16H27NO4. The van der Waals surface area contributed by atoms with Crippen LogP contribution in [0, 0.1) is 13.8 Å². The Hall–Kier alpha value is -1.14. The first kappa shape index (κ1) is 17.9. The second-order valence-electron chi connectivity index (χ2n) is 5.34. The molecule has 0 saturated heterocycles. The third-order valence-electron chi connectivity index (χ3n) is 3.16. The number of hydrogen-bond donors (Lipinski definition) is 3. The lowest BCUT2D eigenvalue weighted by atomic mass is 10.1. The fourth-order valence-electron chi connectivity index (χ4n) is 2.02. The standard InChI is InChI=1S/C16H27NO4/c1-12-4-5-16(13(2)8-12)21-11-15(19)9-17-7-6-14(18)10-20-3/h4-5,8,14-15,17-19H,6-7,9-11H2,1-3H3. The molecule has 0 aromatic heterocycles. The van der Waals surface area contributed by atoms with Crippen LogP contribution >= 0.6 is 0 Å². The van der Waals surface area contributed by atoms with Crippen LogP contribution in [0.5, 0.6) is 5.75 Å². The van der Waals surface area contributed by atoms with Gasteiger partial charge in [0.1, 0.15) is 18.5 Å². The highest BCUT2D eigenvalue weighted by atomic mass is 16.5. The summed E-state index contributed by atoms with van der Waals surface area (Å²) in [7, 11) is 1.56. The summed E-state index contributed by atoms with van der Waals surface area (Å²) < 4.78 is 10.5. The average Bonchev–Trinajstić information content (AvgIpc) is 2.43. The Kier molecular flexibility index (Phi) is 8.30. The van der Waals surface area contributed by atoms with Gasteiger partial charge < -0.3 is 25.0 Å². The van der Waals surface area contributed by atoms with Gasteiger partial charge in [-0.1, -0.05) is 17.7 Å². The Labute approximate surface area is 126 Å². The molecule has 0 saturated carbocycles. The number of rotatable bonds is 10. The zero-order valence-corrected chi connectivity index (χ0v) is 13.1. The molecule has 0 aliphatic carbocycles. The van der Waals surface area contributed by atoms with Gasteiger partial charge in [-0.2, -0.15) is 0 Å². The van der Waals surface area contributed by atoms with Crippen LogP contribution in [0.3, 0.4) is 0 Å². The number of aryl methyl sites for hydroxylation is 2. The first-order chi connectivity index (χ1) is 10.0. The Morgan fingerprint density at radius 3 is 2.57 bits per heavy atom. The molecule has 5 heteroatoms. The summed E-state index contributed by atoms with van der Waals surface area (Å²) in [5.41, 5.74) is 2.26. The van der Waals surface area contributed by atoms with Crippen molar-refractivity contribution >= 4 is 0 Å². The normalized spacial score (nSPS) is 14.0. The Balaban J connectivity index is 2.17. The monoisotopic (exact) mass is 297 g/mol. The van der Waals surface area contributed by atoms with Crippen molar-refractivity contribution in [2.75, 3.05) is 33.4 Å². The van der Waals surface area contributed by atoms with Crippen LogP contribution in [-0.4, -0.2) is 55.8 Å². The van der Waals surface area contributed by atoms with Crippen LogP contribution in [0.25, 0.3) is 0 Å². The first-order valence-electron chi connectivity index (χ1n) is 7.28. The maximum Gasteiger partial charge on any atom is 0.122 e. The molecule has 1 aromatic carbocycles. The molecule has 120 valence electrons. The van der Waals surface area contributed by atoms with Crippen LogP contribution in [0.4, 0.5) is 0 Å². The van der Waals surface area contributed by atoms with Crippen LogP contribution in [-0.2, 0) is 4.74 Å². The fraction of sp³-hybridized carbons (Fsp3) is 0.625. The van der Waals surface area contributed by atoms with Crippen molar-refractivity contribution in [2.24, 2.45) is 0 Å². The van der Waals surface area contributed by atoms with Crippen LogP contribution < -0.4 is 10.1 Å². The van der Waals surface area contributed by atoms with Crippen LogP contribution in [0.2, 0.25) is 0 Å². The number of ether oxygens (including phenoxy) is 2. The van der Waals surface area contributed by atoms with Gasteiger partial charge in [-0.25, -0.2) is 0 Å². The molecule has 5 nitrogen and oxygen atoms in total. The maximum atomic E-state index is 9.85. The quantitative estimate of drug-likeness (QED) is 0.563. The smallest absolute Gasteiger partial charge is 0.122 e. The van der Waals surface area contributed by atoms with E-state index in [1.54, 1.807) is 7.11 Å². The molecule has 0 spiro atoms. The van der Waals surface area contributed by atoms with Gasteiger partial charge in [0.15, 0.2) is 0 Å². The van der Waals surface area contributed by atoms with Crippen molar-refractivity contribution in [1.29, 1.82) is 0 Å². The molecule has 0 aliphatic heterocycles. The molecule has 1 rings (SSSR count). The van der Waals surface area contributed by atoms with E-state index in [1.807, 2.05) is 26.0 Å². The van der Waals surface area contributed by atoms with Crippen molar-refractivity contribution in [1.82, 2.24) is 5.32 Å². The number of aliphatic hydroxyl groups excluding tert-OH is 2. The van der Waals surface area contributed by atoms with Gasteiger partial charge in [0.05, 0.1) is 12.7 Å². The van der Waals surface area contributed by atoms with E-state index in [4.69, 9.17) is 9.47 Å². The van der Waals surface area contributed by atoms with E-state index in [2.05, 4.69) is 11.4 Å². The topological polar surface area (TPSA) is 71.0 Å². The molecular weight excluding hydrogens is 270 g/mol. The van der Waals surface area contributed by atoms with Crippen molar-refractivity contribution < 1.29 is 19.7 Å². The van der Waals surface area contributed by atoms with Crippen LogP contribution in [0.15, 0.2) is 18.2 Å². The lowest BCUT2D eigenvalue weighted by molar-refractivity contribution is 0.0577. The minimum atomic E-state index is -0.578. The molecule has 1 aromatic rings. The van der Waals surface area contributed by atoms with E-state index < -0.39 is 12.2 Å². The molecule has 2 unspecified atom stereocenters. The van der Waals surface area contributed by atoms with Gasteiger partial charge in [-0.15, -0.1) is 0 Å². The molecule has 0 aliphatic rings. The van der Waals surface area contributed by atoms with E-state index in [1.165, 1.54) is 5.56 Å².